The topological polar surface area (TPSA) is 12.0 Å². The Morgan fingerprint density at radius 2 is 1.57 bits per heavy atom. The second-order valence-corrected chi connectivity index (χ2v) is 5.86. The number of nitrogens with one attached hydrogen (secondary N) is 1. The largest absolute Gasteiger partial charge is 0.310 e. The normalized spacial score (nSPS) is 12.4. The molecule has 0 heterocycles. The van der Waals surface area contributed by atoms with Crippen LogP contribution in [0.3, 0.4) is 0 Å². The maximum absolute atomic E-state index is 12.9. The molecule has 0 saturated heterocycles. The van der Waals surface area contributed by atoms with E-state index in [-0.39, 0.29) is 5.82 Å². The second kappa shape index (κ2) is 6.86. The lowest BCUT2D eigenvalue weighted by Crippen LogP contribution is -2.22. The molecule has 2 rings (SSSR count). The van der Waals surface area contributed by atoms with Crippen molar-refractivity contribution in [1.82, 2.24) is 5.32 Å². The Balaban J connectivity index is 1.96. The molecule has 2 aromatic carbocycles. The van der Waals surface area contributed by atoms with Crippen LogP contribution in [0.5, 0.6) is 0 Å². The van der Waals surface area contributed by atoms with Crippen molar-refractivity contribution in [2.24, 2.45) is 0 Å². The van der Waals surface area contributed by atoms with Gasteiger partial charge in [-0.2, -0.15) is 0 Å². The fourth-order valence-corrected chi connectivity index (χ4v) is 3.06. The van der Waals surface area contributed by atoms with Crippen LogP contribution in [0.25, 0.3) is 0 Å². The van der Waals surface area contributed by atoms with E-state index < -0.39 is 0 Å². The average Bonchev–Trinajstić information content (AvgIpc) is 2.40. The van der Waals surface area contributed by atoms with Crippen LogP contribution in [0.1, 0.15) is 40.8 Å². The Morgan fingerprint density at radius 1 is 1.00 bits per heavy atom. The van der Waals surface area contributed by atoms with Crippen molar-refractivity contribution in [1.29, 1.82) is 0 Å². The fraction of sp³-hybridized carbons (Fsp3) is 0.368. The molecule has 0 fully saturated rings. The molecule has 0 amide bonds. The van der Waals surface area contributed by atoms with E-state index in [1.165, 1.54) is 34.4 Å². The summed E-state index contributed by atoms with van der Waals surface area (Å²) in [6.07, 6.45) is 0.911. The first-order chi connectivity index (χ1) is 9.97. The Bertz CT molecular complexity index is 578. The van der Waals surface area contributed by atoms with Gasteiger partial charge in [0, 0.05) is 6.04 Å². The number of aryl methyl sites for hydroxylation is 3. The third kappa shape index (κ3) is 4.15. The molecule has 0 aliphatic carbocycles. The van der Waals surface area contributed by atoms with Crippen LogP contribution in [-0.2, 0) is 6.42 Å². The number of benzene rings is 2. The summed E-state index contributed by atoms with van der Waals surface area (Å²) in [5.74, 6) is -0.175. The van der Waals surface area contributed by atoms with Crippen LogP contribution < -0.4 is 5.32 Å². The SMILES string of the molecule is Cc1cc(C)c(C(C)NCCc2ccc(F)cc2)c(C)c1. The third-order valence-corrected chi connectivity index (χ3v) is 3.95. The molecule has 2 aromatic rings. The number of hydrogen-bond acceptors (Lipinski definition) is 1. The monoisotopic (exact) mass is 285 g/mol. The third-order valence-electron chi connectivity index (χ3n) is 3.95. The first-order valence-corrected chi connectivity index (χ1v) is 7.53. The molecule has 0 aliphatic heterocycles. The molecular weight excluding hydrogens is 261 g/mol. The van der Waals surface area contributed by atoms with Gasteiger partial charge in [0.1, 0.15) is 5.82 Å². The molecule has 0 radical (unpaired) electrons. The molecule has 0 spiro atoms. The van der Waals surface area contributed by atoms with Gasteiger partial charge in [-0.3, -0.25) is 0 Å². The van der Waals surface area contributed by atoms with Crippen LogP contribution in [0, 0.1) is 26.6 Å². The Labute approximate surface area is 127 Å². The minimum absolute atomic E-state index is 0.175. The summed E-state index contributed by atoms with van der Waals surface area (Å²) < 4.78 is 12.9. The van der Waals surface area contributed by atoms with E-state index in [1.807, 2.05) is 12.1 Å². The first-order valence-electron chi connectivity index (χ1n) is 7.53. The predicted molar refractivity (Wildman–Crippen MR) is 87.2 cm³/mol. The van der Waals surface area contributed by atoms with Gasteiger partial charge in [-0.1, -0.05) is 29.8 Å². The highest BCUT2D eigenvalue weighted by Crippen LogP contribution is 2.23. The molecule has 0 saturated carbocycles. The van der Waals surface area contributed by atoms with Crippen LogP contribution in [0.2, 0.25) is 0 Å². The molecule has 0 aliphatic rings. The summed E-state index contributed by atoms with van der Waals surface area (Å²) in [7, 11) is 0. The first kappa shape index (κ1) is 15.7. The summed E-state index contributed by atoms with van der Waals surface area (Å²) in [5.41, 5.74) is 6.55. The van der Waals surface area contributed by atoms with Gasteiger partial charge in [0.25, 0.3) is 0 Å². The van der Waals surface area contributed by atoms with Gasteiger partial charge in [-0.25, -0.2) is 4.39 Å². The molecule has 1 N–H and O–H groups in total. The van der Waals surface area contributed by atoms with Crippen molar-refractivity contribution >= 4 is 0 Å². The van der Waals surface area contributed by atoms with E-state index in [2.05, 4.69) is 45.1 Å². The Morgan fingerprint density at radius 3 is 2.14 bits per heavy atom. The van der Waals surface area contributed by atoms with E-state index in [0.29, 0.717) is 6.04 Å². The quantitative estimate of drug-likeness (QED) is 0.843. The summed E-state index contributed by atoms with van der Waals surface area (Å²) in [6.45, 7) is 9.58. The highest BCUT2D eigenvalue weighted by molar-refractivity contribution is 5.39. The van der Waals surface area contributed by atoms with Gasteiger partial charge in [-0.15, -0.1) is 0 Å². The van der Waals surface area contributed by atoms with Crippen LogP contribution in [0.4, 0.5) is 4.39 Å². The van der Waals surface area contributed by atoms with E-state index in [9.17, 15) is 4.39 Å². The van der Waals surface area contributed by atoms with E-state index in [0.717, 1.165) is 18.5 Å². The van der Waals surface area contributed by atoms with Crippen LogP contribution >= 0.6 is 0 Å². The van der Waals surface area contributed by atoms with Crippen molar-refractivity contribution in [2.45, 2.75) is 40.2 Å². The lowest BCUT2D eigenvalue weighted by molar-refractivity contribution is 0.571. The van der Waals surface area contributed by atoms with E-state index >= 15 is 0 Å². The van der Waals surface area contributed by atoms with Gasteiger partial charge >= 0.3 is 0 Å². The number of hydrogen-bond donors (Lipinski definition) is 1. The van der Waals surface area contributed by atoms with Gasteiger partial charge in [0.15, 0.2) is 0 Å². The highest BCUT2D eigenvalue weighted by Gasteiger charge is 2.11. The van der Waals surface area contributed by atoms with Crippen molar-refractivity contribution in [3.8, 4) is 0 Å². The summed E-state index contributed by atoms with van der Waals surface area (Å²) in [5, 5.41) is 3.57. The summed E-state index contributed by atoms with van der Waals surface area (Å²) in [4.78, 5) is 0. The smallest absolute Gasteiger partial charge is 0.123 e. The molecule has 0 bridgehead atoms. The van der Waals surface area contributed by atoms with Crippen LogP contribution in [0.15, 0.2) is 36.4 Å². The predicted octanol–water partition coefficient (Wildman–Crippen LogP) is 4.64. The molecule has 0 aromatic heterocycles. The standard InChI is InChI=1S/C19H24FN/c1-13-11-14(2)19(15(3)12-13)16(4)21-10-9-17-5-7-18(20)8-6-17/h5-8,11-12,16,21H,9-10H2,1-4H3. The molecule has 1 atom stereocenters. The zero-order valence-electron chi connectivity index (χ0n) is 13.3. The zero-order valence-corrected chi connectivity index (χ0v) is 13.3. The lowest BCUT2D eigenvalue weighted by atomic mass is 9.95. The maximum atomic E-state index is 12.9. The molecule has 2 heteroatoms. The Kier molecular flexibility index (Phi) is 5.13. The Hall–Kier alpha value is -1.67. The van der Waals surface area contributed by atoms with E-state index in [4.69, 9.17) is 0 Å². The van der Waals surface area contributed by atoms with Gasteiger partial charge in [0.05, 0.1) is 0 Å². The molecule has 1 unspecified atom stereocenters. The van der Waals surface area contributed by atoms with Gasteiger partial charge in [0.2, 0.25) is 0 Å². The van der Waals surface area contributed by atoms with Crippen LogP contribution in [-0.4, -0.2) is 6.54 Å². The van der Waals surface area contributed by atoms with Gasteiger partial charge < -0.3 is 5.32 Å². The average molecular weight is 285 g/mol. The minimum Gasteiger partial charge on any atom is -0.310 e. The molecule has 112 valence electrons. The second-order valence-electron chi connectivity index (χ2n) is 5.86. The number of halogens is 1. The molecule has 1 nitrogen and oxygen atoms in total. The molecule has 21 heavy (non-hydrogen) atoms. The van der Waals surface area contributed by atoms with Crippen molar-refractivity contribution in [2.75, 3.05) is 6.54 Å². The summed E-state index contributed by atoms with van der Waals surface area (Å²) >= 11 is 0. The number of rotatable bonds is 5. The summed E-state index contributed by atoms with van der Waals surface area (Å²) in [6, 6.07) is 11.5. The lowest BCUT2D eigenvalue weighted by Gasteiger charge is -2.20. The fourth-order valence-electron chi connectivity index (χ4n) is 3.06. The molecular formula is C19H24FN. The van der Waals surface area contributed by atoms with Crippen molar-refractivity contribution in [3.63, 3.8) is 0 Å². The maximum Gasteiger partial charge on any atom is 0.123 e. The van der Waals surface area contributed by atoms with Gasteiger partial charge in [-0.05, 0) is 75.0 Å². The zero-order chi connectivity index (χ0) is 15.4. The van der Waals surface area contributed by atoms with E-state index in [1.54, 1.807) is 0 Å². The van der Waals surface area contributed by atoms with Crippen molar-refractivity contribution < 1.29 is 4.39 Å². The van der Waals surface area contributed by atoms with Crippen molar-refractivity contribution in [3.05, 3.63) is 70.0 Å². The minimum atomic E-state index is -0.175. The highest BCUT2D eigenvalue weighted by atomic mass is 19.1.